The van der Waals surface area contributed by atoms with Crippen molar-refractivity contribution >= 4 is 47.3 Å². The molecule has 0 saturated heterocycles. The van der Waals surface area contributed by atoms with Gasteiger partial charge in [0.05, 0.1) is 33.8 Å². The van der Waals surface area contributed by atoms with E-state index in [4.69, 9.17) is 16.3 Å². The van der Waals surface area contributed by atoms with Gasteiger partial charge < -0.3 is 10.1 Å². The predicted octanol–water partition coefficient (Wildman–Crippen LogP) is 5.80. The summed E-state index contributed by atoms with van der Waals surface area (Å²) in [6, 6.07) is 9.89. The topological polar surface area (TPSA) is 92.8 Å². The van der Waals surface area contributed by atoms with E-state index in [1.165, 1.54) is 50.5 Å². The SMILES string of the molecule is COC(=O)c1ccc(-c2ccc(F)c(F)c2)cc1NC(=O)c1cc(Cl)c(C#C[Si](C)(C)C)cc1S(=O)(=O)N(C)C. The van der Waals surface area contributed by atoms with Gasteiger partial charge in [-0.25, -0.2) is 26.3 Å². The summed E-state index contributed by atoms with van der Waals surface area (Å²) in [4.78, 5) is 25.7. The number of hydrogen-bond donors (Lipinski definition) is 1. The Kier molecular flexibility index (Phi) is 9.21. The van der Waals surface area contributed by atoms with Gasteiger partial charge in [0.25, 0.3) is 5.91 Å². The van der Waals surface area contributed by atoms with Crippen molar-refractivity contribution in [3.05, 3.63) is 81.9 Å². The molecule has 0 radical (unpaired) electrons. The van der Waals surface area contributed by atoms with Crippen LogP contribution in [0.2, 0.25) is 24.7 Å². The van der Waals surface area contributed by atoms with Gasteiger partial charge in [0.15, 0.2) is 11.6 Å². The summed E-state index contributed by atoms with van der Waals surface area (Å²) in [6.07, 6.45) is 0. The molecular formula is C28H27ClF2N2O5SSi. The van der Waals surface area contributed by atoms with Crippen molar-refractivity contribution in [2.24, 2.45) is 0 Å². The maximum atomic E-state index is 13.9. The number of esters is 1. The first kappa shape index (κ1) is 31.0. The van der Waals surface area contributed by atoms with E-state index in [1.807, 2.05) is 19.6 Å². The van der Waals surface area contributed by atoms with Gasteiger partial charge in [0, 0.05) is 19.7 Å². The quantitative estimate of drug-likeness (QED) is 0.218. The summed E-state index contributed by atoms with van der Waals surface area (Å²) in [7, 11) is -2.19. The largest absolute Gasteiger partial charge is 0.465 e. The Morgan fingerprint density at radius 1 is 0.950 bits per heavy atom. The highest BCUT2D eigenvalue weighted by Crippen LogP contribution is 2.30. The Morgan fingerprint density at radius 2 is 1.57 bits per heavy atom. The number of carbonyl (C=O) groups is 2. The Hall–Kier alpha value is -3.56. The van der Waals surface area contributed by atoms with Gasteiger partial charge in [-0.05, 0) is 47.5 Å². The molecule has 3 rings (SSSR count). The molecule has 0 aliphatic heterocycles. The van der Waals surface area contributed by atoms with Crippen molar-refractivity contribution < 1.29 is 31.5 Å². The molecule has 0 unspecified atom stereocenters. The molecule has 3 aromatic carbocycles. The first-order valence-electron chi connectivity index (χ1n) is 11.8. The van der Waals surface area contributed by atoms with Gasteiger partial charge in [-0.15, -0.1) is 5.54 Å². The number of carbonyl (C=O) groups excluding carboxylic acids is 2. The van der Waals surface area contributed by atoms with Crippen LogP contribution in [0.5, 0.6) is 0 Å². The maximum absolute atomic E-state index is 13.9. The molecule has 0 heterocycles. The fraction of sp³-hybridized carbons (Fsp3) is 0.214. The summed E-state index contributed by atoms with van der Waals surface area (Å²) >= 11 is 6.43. The molecule has 0 aromatic heterocycles. The highest BCUT2D eigenvalue weighted by molar-refractivity contribution is 7.89. The fourth-order valence-electron chi connectivity index (χ4n) is 3.47. The third-order valence-electron chi connectivity index (χ3n) is 5.57. The third-order valence-corrected chi connectivity index (χ3v) is 8.61. The van der Waals surface area contributed by atoms with Crippen LogP contribution in [-0.2, 0) is 14.8 Å². The molecule has 0 bridgehead atoms. The Morgan fingerprint density at radius 3 is 2.15 bits per heavy atom. The zero-order valence-electron chi connectivity index (χ0n) is 22.6. The number of halogens is 3. The smallest absolute Gasteiger partial charge is 0.339 e. The van der Waals surface area contributed by atoms with E-state index >= 15 is 0 Å². The molecule has 12 heteroatoms. The highest BCUT2D eigenvalue weighted by Gasteiger charge is 2.27. The highest BCUT2D eigenvalue weighted by atomic mass is 35.5. The van der Waals surface area contributed by atoms with Crippen LogP contribution in [0.25, 0.3) is 11.1 Å². The lowest BCUT2D eigenvalue weighted by atomic mass is 10.0. The van der Waals surface area contributed by atoms with E-state index < -0.39 is 41.6 Å². The molecule has 40 heavy (non-hydrogen) atoms. The lowest BCUT2D eigenvalue weighted by Crippen LogP contribution is -2.26. The van der Waals surface area contributed by atoms with Gasteiger partial charge in [-0.2, -0.15) is 0 Å². The van der Waals surface area contributed by atoms with Crippen molar-refractivity contribution in [2.45, 2.75) is 24.5 Å². The first-order chi connectivity index (χ1) is 18.5. The normalized spacial score (nSPS) is 11.6. The molecule has 1 N–H and O–H groups in total. The number of hydrogen-bond acceptors (Lipinski definition) is 5. The molecule has 0 saturated carbocycles. The van der Waals surface area contributed by atoms with Gasteiger partial charge in [-0.1, -0.05) is 49.3 Å². The number of amides is 1. The van der Waals surface area contributed by atoms with Crippen molar-refractivity contribution in [1.29, 1.82) is 0 Å². The van der Waals surface area contributed by atoms with Crippen molar-refractivity contribution in [1.82, 2.24) is 4.31 Å². The number of sulfonamides is 1. The Bertz CT molecular complexity index is 1680. The molecule has 3 aromatic rings. The monoisotopic (exact) mass is 604 g/mol. The van der Waals surface area contributed by atoms with Crippen LogP contribution in [0.1, 0.15) is 26.3 Å². The summed E-state index contributed by atoms with van der Waals surface area (Å²) in [5.41, 5.74) is 3.60. The second-order valence-corrected chi connectivity index (χ2v) is 17.2. The molecule has 1 amide bonds. The third kappa shape index (κ3) is 6.95. The molecule has 0 atom stereocenters. The molecule has 0 spiro atoms. The van der Waals surface area contributed by atoms with Crippen LogP contribution in [0.3, 0.4) is 0 Å². The minimum absolute atomic E-state index is 0.0500. The minimum Gasteiger partial charge on any atom is -0.465 e. The lowest BCUT2D eigenvalue weighted by Gasteiger charge is -2.17. The van der Waals surface area contributed by atoms with Gasteiger partial charge in [0.1, 0.15) is 8.07 Å². The number of nitrogens with one attached hydrogen (secondary N) is 1. The van der Waals surface area contributed by atoms with Gasteiger partial charge in [-0.3, -0.25) is 4.79 Å². The number of nitrogens with zero attached hydrogens (tertiary/aromatic N) is 1. The van der Waals surface area contributed by atoms with E-state index in [1.54, 1.807) is 0 Å². The standard InChI is InChI=1S/C28H27ClF2N2O5SSi/c1-33(2)39(36,37)26-15-19(11-12-40(4,5)6)22(29)16-21(26)27(34)32-25-14-18(7-9-20(25)28(35)38-3)17-8-10-23(30)24(31)13-17/h7-10,13-16H,1-6H3,(H,32,34). The van der Waals surface area contributed by atoms with Crippen molar-refractivity contribution in [2.75, 3.05) is 26.5 Å². The number of rotatable bonds is 6. The second-order valence-electron chi connectivity index (χ2n) is 9.95. The number of benzene rings is 3. The predicted molar refractivity (Wildman–Crippen MR) is 154 cm³/mol. The number of ether oxygens (including phenoxy) is 1. The average Bonchev–Trinajstić information content (AvgIpc) is 2.88. The Balaban J connectivity index is 2.18. The zero-order valence-corrected chi connectivity index (χ0v) is 25.2. The summed E-state index contributed by atoms with van der Waals surface area (Å²) in [6.45, 7) is 6.04. The summed E-state index contributed by atoms with van der Waals surface area (Å²) in [5.74, 6) is -0.858. The van der Waals surface area contributed by atoms with E-state index in [0.29, 0.717) is 5.56 Å². The summed E-state index contributed by atoms with van der Waals surface area (Å²) < 4.78 is 59.5. The van der Waals surface area contributed by atoms with E-state index in [0.717, 1.165) is 23.5 Å². The van der Waals surface area contributed by atoms with Crippen molar-refractivity contribution in [3.63, 3.8) is 0 Å². The van der Waals surface area contributed by atoms with E-state index in [2.05, 4.69) is 16.8 Å². The summed E-state index contributed by atoms with van der Waals surface area (Å²) in [5, 5.41) is 2.62. The molecule has 0 fully saturated rings. The molecular weight excluding hydrogens is 578 g/mol. The molecule has 210 valence electrons. The number of methoxy groups -OCH3 is 1. The van der Waals surface area contributed by atoms with Crippen molar-refractivity contribution in [3.8, 4) is 22.6 Å². The van der Waals surface area contributed by atoms with Crippen LogP contribution in [0.4, 0.5) is 14.5 Å². The van der Waals surface area contributed by atoms with Crippen LogP contribution >= 0.6 is 11.6 Å². The van der Waals surface area contributed by atoms with Gasteiger partial charge >= 0.3 is 5.97 Å². The molecule has 0 aliphatic carbocycles. The van der Waals surface area contributed by atoms with E-state index in [-0.39, 0.29) is 37.9 Å². The lowest BCUT2D eigenvalue weighted by molar-refractivity contribution is 0.0602. The van der Waals surface area contributed by atoms with Crippen LogP contribution in [0.15, 0.2) is 53.4 Å². The minimum atomic E-state index is -4.14. The zero-order chi connectivity index (χ0) is 30.0. The Labute approximate surface area is 238 Å². The number of anilines is 1. The van der Waals surface area contributed by atoms with Crippen LogP contribution in [0, 0.1) is 23.1 Å². The van der Waals surface area contributed by atoms with E-state index in [9.17, 15) is 26.8 Å². The van der Waals surface area contributed by atoms with Crippen LogP contribution in [-0.4, -0.2) is 53.9 Å². The first-order valence-corrected chi connectivity index (χ1v) is 17.2. The maximum Gasteiger partial charge on any atom is 0.339 e. The van der Waals surface area contributed by atoms with Crippen LogP contribution < -0.4 is 5.32 Å². The second kappa shape index (κ2) is 11.9. The molecule has 7 nitrogen and oxygen atoms in total. The average molecular weight is 605 g/mol. The van der Waals surface area contributed by atoms with Gasteiger partial charge in [0.2, 0.25) is 10.0 Å². The fourth-order valence-corrected chi connectivity index (χ4v) is 5.28. The molecule has 0 aliphatic rings.